The van der Waals surface area contributed by atoms with Crippen LogP contribution in [0.1, 0.15) is 0 Å². The highest BCUT2D eigenvalue weighted by Gasteiger charge is 2.17. The summed E-state index contributed by atoms with van der Waals surface area (Å²) in [5.74, 6) is 0. The molecule has 0 fully saturated rings. The maximum atomic E-state index is 3.58. The molecule has 57 heavy (non-hydrogen) atoms. The van der Waals surface area contributed by atoms with Crippen LogP contribution in [0.2, 0.25) is 0 Å². The van der Waals surface area contributed by atoms with Crippen LogP contribution in [0.15, 0.2) is 206 Å². The fourth-order valence-corrected chi connectivity index (χ4v) is 9.14. The summed E-state index contributed by atoms with van der Waals surface area (Å²) in [7, 11) is 0. The Kier molecular flexibility index (Phi) is 6.93. The van der Waals surface area contributed by atoms with Gasteiger partial charge < -0.3 is 14.1 Å². The first-order chi connectivity index (χ1) is 28.2. The van der Waals surface area contributed by atoms with E-state index in [1.807, 2.05) is 0 Å². The molecule has 12 rings (SSSR count). The molecule has 3 aromatic heterocycles. The van der Waals surface area contributed by atoms with E-state index in [0.29, 0.717) is 0 Å². The van der Waals surface area contributed by atoms with Crippen LogP contribution in [0.4, 0.5) is 0 Å². The lowest BCUT2D eigenvalue weighted by atomic mass is 10.0. The van der Waals surface area contributed by atoms with Gasteiger partial charge in [0.1, 0.15) is 0 Å². The van der Waals surface area contributed by atoms with Gasteiger partial charge in [-0.3, -0.25) is 0 Å². The number of hydrogen-bond acceptors (Lipinski definition) is 0. The van der Waals surface area contributed by atoms with E-state index < -0.39 is 0 Å². The van der Waals surface area contributed by atoms with Gasteiger partial charge in [0, 0.05) is 54.7 Å². The Morgan fingerprint density at radius 3 is 1.56 bits per heavy atom. The van der Waals surface area contributed by atoms with Crippen molar-refractivity contribution in [1.82, 2.24) is 14.1 Å². The van der Waals surface area contributed by atoms with Gasteiger partial charge in [-0.2, -0.15) is 0 Å². The molecule has 0 aliphatic heterocycles. The van der Waals surface area contributed by atoms with Gasteiger partial charge in [0.2, 0.25) is 0 Å². The highest BCUT2D eigenvalue weighted by molar-refractivity contribution is 6.13. The van der Waals surface area contributed by atoms with Crippen LogP contribution >= 0.6 is 0 Å². The molecular weight excluding hydrogens is 691 g/mol. The first-order valence-electron chi connectivity index (χ1n) is 19.6. The number of nitrogens with zero attached hydrogens (tertiary/aromatic N) is 2. The van der Waals surface area contributed by atoms with E-state index in [4.69, 9.17) is 0 Å². The van der Waals surface area contributed by atoms with E-state index >= 15 is 0 Å². The molecule has 3 heterocycles. The van der Waals surface area contributed by atoms with E-state index in [1.54, 1.807) is 0 Å². The molecule has 0 aliphatic carbocycles. The van der Waals surface area contributed by atoms with Gasteiger partial charge in [-0.15, -0.1) is 0 Å². The molecule has 3 heteroatoms. The van der Waals surface area contributed by atoms with Crippen molar-refractivity contribution in [2.75, 3.05) is 0 Å². The molecule has 0 unspecified atom stereocenters. The van der Waals surface area contributed by atoms with Crippen molar-refractivity contribution in [2.24, 2.45) is 0 Å². The summed E-state index contributed by atoms with van der Waals surface area (Å²) in [5, 5.41) is 7.49. The second-order valence-electron chi connectivity index (χ2n) is 15.1. The molecule has 1 N–H and O–H groups in total. The van der Waals surface area contributed by atoms with Crippen LogP contribution in [0.5, 0.6) is 0 Å². The molecule has 12 aromatic rings. The Hall–Kier alpha value is -7.62. The lowest BCUT2D eigenvalue weighted by Crippen LogP contribution is -1.95. The molecule has 0 radical (unpaired) electrons. The van der Waals surface area contributed by atoms with Crippen LogP contribution in [0.3, 0.4) is 0 Å². The van der Waals surface area contributed by atoms with Crippen LogP contribution in [0, 0.1) is 0 Å². The van der Waals surface area contributed by atoms with Gasteiger partial charge in [0.15, 0.2) is 0 Å². The molecule has 9 aromatic carbocycles. The van der Waals surface area contributed by atoms with E-state index in [0.717, 1.165) is 16.9 Å². The van der Waals surface area contributed by atoms with Crippen LogP contribution < -0.4 is 0 Å². The summed E-state index contributed by atoms with van der Waals surface area (Å²) in [6.45, 7) is 0. The number of aromatic amines is 1. The van der Waals surface area contributed by atoms with Crippen LogP contribution in [0.25, 0.3) is 110 Å². The minimum absolute atomic E-state index is 1.15. The number of aromatic nitrogens is 3. The molecule has 0 bridgehead atoms. The average Bonchev–Trinajstić information content (AvgIpc) is 3.94. The Labute approximate surface area is 329 Å². The van der Waals surface area contributed by atoms with Crippen molar-refractivity contribution in [3.05, 3.63) is 206 Å². The number of fused-ring (bicyclic) bond motifs is 9. The van der Waals surface area contributed by atoms with Gasteiger partial charge in [-0.05, 0) is 106 Å². The average molecular weight is 726 g/mol. The summed E-state index contributed by atoms with van der Waals surface area (Å²) < 4.78 is 4.83. The Bertz CT molecular complexity index is 3510. The predicted octanol–water partition coefficient (Wildman–Crippen LogP) is 14.5. The summed E-state index contributed by atoms with van der Waals surface area (Å²) in [6.07, 6.45) is 0. The molecule has 0 spiro atoms. The maximum Gasteiger partial charge on any atom is 0.0547 e. The van der Waals surface area contributed by atoms with Gasteiger partial charge >= 0.3 is 0 Å². The summed E-state index contributed by atoms with van der Waals surface area (Å²) in [5.41, 5.74) is 16.7. The zero-order chi connectivity index (χ0) is 37.5. The van der Waals surface area contributed by atoms with Crippen molar-refractivity contribution >= 4 is 65.4 Å². The summed E-state index contributed by atoms with van der Waals surface area (Å²) in [6, 6.07) is 75.3. The maximum absolute atomic E-state index is 3.58. The highest BCUT2D eigenvalue weighted by atomic mass is 15.0. The smallest absolute Gasteiger partial charge is 0.0547 e. The zero-order valence-electron chi connectivity index (χ0n) is 31.0. The molecule has 266 valence electrons. The molecule has 3 nitrogen and oxygen atoms in total. The highest BCUT2D eigenvalue weighted by Crippen LogP contribution is 2.39. The van der Waals surface area contributed by atoms with Crippen LogP contribution in [-0.4, -0.2) is 14.1 Å². The van der Waals surface area contributed by atoms with Gasteiger partial charge in [-0.25, -0.2) is 0 Å². The third-order valence-electron chi connectivity index (χ3n) is 11.9. The van der Waals surface area contributed by atoms with E-state index in [-0.39, 0.29) is 0 Å². The molecule has 0 aliphatic rings. The van der Waals surface area contributed by atoms with Crippen molar-refractivity contribution in [2.45, 2.75) is 0 Å². The molecular formula is C54H35N3. The normalized spacial score (nSPS) is 11.9. The standard InChI is InChI=1S/C54H35N3/c1-2-11-35(12-3-1)36-21-26-41(27-22-36)56-52-20-9-6-17-45(52)48-33-39(25-30-53(48)56)40-23-28-46-44-16-5-8-19-51(44)57(54(46)34-40)42-14-10-13-37(31-42)38-24-29-50-47(32-38)43-15-4-7-18-49(43)55-50/h1-34,55H. The van der Waals surface area contributed by atoms with Gasteiger partial charge in [0.05, 0.1) is 22.1 Å². The van der Waals surface area contributed by atoms with Crippen molar-refractivity contribution in [1.29, 1.82) is 0 Å². The predicted molar refractivity (Wildman–Crippen MR) is 241 cm³/mol. The topological polar surface area (TPSA) is 25.6 Å². The Balaban J connectivity index is 0.987. The molecule has 0 amide bonds. The first kappa shape index (κ1) is 31.7. The largest absolute Gasteiger partial charge is 0.355 e. The monoisotopic (exact) mass is 725 g/mol. The Morgan fingerprint density at radius 2 is 0.754 bits per heavy atom. The van der Waals surface area contributed by atoms with E-state index in [2.05, 4.69) is 220 Å². The van der Waals surface area contributed by atoms with Gasteiger partial charge in [-0.1, -0.05) is 133 Å². The summed E-state index contributed by atoms with van der Waals surface area (Å²) >= 11 is 0. The van der Waals surface area contributed by atoms with E-state index in [9.17, 15) is 0 Å². The Morgan fingerprint density at radius 1 is 0.246 bits per heavy atom. The number of rotatable bonds is 5. The number of hydrogen-bond donors (Lipinski definition) is 1. The fourth-order valence-electron chi connectivity index (χ4n) is 9.14. The fraction of sp³-hybridized carbons (Fsp3) is 0. The van der Waals surface area contributed by atoms with Crippen molar-refractivity contribution < 1.29 is 0 Å². The lowest BCUT2D eigenvalue weighted by Gasteiger charge is -2.12. The molecule has 0 saturated heterocycles. The number of benzene rings is 9. The SMILES string of the molecule is c1ccc(-c2ccc(-n3c4ccccc4c4cc(-c5ccc6c7ccccc7n(-c7cccc(-c8ccc9[nH]c%10ccccc%10c9c8)c7)c6c5)ccc43)cc2)cc1. The number of para-hydroxylation sites is 3. The van der Waals surface area contributed by atoms with Crippen molar-refractivity contribution in [3.63, 3.8) is 0 Å². The van der Waals surface area contributed by atoms with Gasteiger partial charge in [0.25, 0.3) is 0 Å². The van der Waals surface area contributed by atoms with Crippen LogP contribution in [-0.2, 0) is 0 Å². The lowest BCUT2D eigenvalue weighted by molar-refractivity contribution is 1.18. The third kappa shape index (κ3) is 4.99. The second kappa shape index (κ2) is 12.5. The zero-order valence-corrected chi connectivity index (χ0v) is 31.0. The minimum Gasteiger partial charge on any atom is -0.355 e. The summed E-state index contributed by atoms with van der Waals surface area (Å²) in [4.78, 5) is 3.58. The third-order valence-corrected chi connectivity index (χ3v) is 11.9. The molecule has 0 saturated carbocycles. The number of nitrogens with one attached hydrogen (secondary N) is 1. The van der Waals surface area contributed by atoms with E-state index in [1.165, 1.54) is 93.3 Å². The second-order valence-corrected chi connectivity index (χ2v) is 15.1. The number of H-pyrrole nitrogens is 1. The quantitative estimate of drug-likeness (QED) is 0.183. The van der Waals surface area contributed by atoms with Crippen molar-refractivity contribution in [3.8, 4) is 44.8 Å². The first-order valence-corrected chi connectivity index (χ1v) is 19.6. The minimum atomic E-state index is 1.15. The molecule has 0 atom stereocenters.